The summed E-state index contributed by atoms with van der Waals surface area (Å²) in [6, 6.07) is 1.67. The molecule has 2 atom stereocenters. The number of hydrogen-bond acceptors (Lipinski definition) is 2. The largest absolute Gasteiger partial charge is 0.481 e. The number of amides is 2. The third kappa shape index (κ3) is 2.87. The molecule has 1 aromatic rings. The number of hydrogen-bond donors (Lipinski definition) is 2. The molecule has 1 aliphatic heterocycles. The van der Waals surface area contributed by atoms with E-state index in [4.69, 9.17) is 5.11 Å². The van der Waals surface area contributed by atoms with Gasteiger partial charge >= 0.3 is 12.0 Å². The number of carboxylic acid groups (broad SMARTS) is 1. The van der Waals surface area contributed by atoms with Crippen LogP contribution in [0, 0.1) is 17.6 Å². The monoisotopic (exact) mass is 284 g/mol. The van der Waals surface area contributed by atoms with E-state index in [1.54, 1.807) is 6.92 Å². The van der Waals surface area contributed by atoms with Crippen molar-refractivity contribution in [1.29, 1.82) is 0 Å². The average Bonchev–Trinajstić information content (AvgIpc) is 2.69. The molecule has 0 radical (unpaired) electrons. The van der Waals surface area contributed by atoms with Crippen LogP contribution in [-0.2, 0) is 4.79 Å². The van der Waals surface area contributed by atoms with Crippen LogP contribution in [0.3, 0.4) is 0 Å². The van der Waals surface area contributed by atoms with Gasteiger partial charge in [-0.2, -0.15) is 0 Å². The standard InChI is InChI=1S/C13H14F2N2O3/c1-7-11(12(18)19)2-3-17(7)13(20)16-10-5-8(14)4-9(15)6-10/h4-7,11H,2-3H2,1H3,(H,16,20)(H,18,19). The van der Waals surface area contributed by atoms with Crippen molar-refractivity contribution in [3.63, 3.8) is 0 Å². The van der Waals surface area contributed by atoms with Crippen molar-refractivity contribution in [2.75, 3.05) is 11.9 Å². The fourth-order valence-electron chi connectivity index (χ4n) is 2.38. The van der Waals surface area contributed by atoms with Crippen molar-refractivity contribution in [3.05, 3.63) is 29.8 Å². The van der Waals surface area contributed by atoms with Gasteiger partial charge in [0.25, 0.3) is 0 Å². The lowest BCUT2D eigenvalue weighted by molar-refractivity contribution is -0.142. The maximum absolute atomic E-state index is 13.0. The first kappa shape index (κ1) is 14.2. The molecule has 1 fully saturated rings. The molecule has 20 heavy (non-hydrogen) atoms. The first-order valence-corrected chi connectivity index (χ1v) is 6.15. The second kappa shape index (κ2) is 5.44. The molecule has 0 spiro atoms. The predicted octanol–water partition coefficient (Wildman–Crippen LogP) is 2.29. The van der Waals surface area contributed by atoms with Crippen LogP contribution in [-0.4, -0.2) is 34.6 Å². The molecule has 2 amide bonds. The Bertz CT molecular complexity index is 530. The van der Waals surface area contributed by atoms with Crippen LogP contribution in [0.15, 0.2) is 18.2 Å². The number of aliphatic carboxylic acids is 1. The van der Waals surface area contributed by atoms with Crippen molar-refractivity contribution in [3.8, 4) is 0 Å². The van der Waals surface area contributed by atoms with Crippen molar-refractivity contribution < 1.29 is 23.5 Å². The number of rotatable bonds is 2. The Morgan fingerprint density at radius 3 is 2.40 bits per heavy atom. The molecular weight excluding hydrogens is 270 g/mol. The lowest BCUT2D eigenvalue weighted by atomic mass is 10.0. The SMILES string of the molecule is CC1C(C(=O)O)CCN1C(=O)Nc1cc(F)cc(F)c1. The number of carboxylic acids is 1. The Kier molecular flexibility index (Phi) is 3.87. The number of anilines is 1. The molecule has 1 saturated heterocycles. The molecule has 1 aromatic carbocycles. The van der Waals surface area contributed by atoms with Crippen molar-refractivity contribution >= 4 is 17.7 Å². The van der Waals surface area contributed by atoms with Crippen molar-refractivity contribution in [1.82, 2.24) is 4.90 Å². The van der Waals surface area contributed by atoms with E-state index in [1.807, 2.05) is 0 Å². The molecule has 0 saturated carbocycles. The van der Waals surface area contributed by atoms with E-state index in [0.717, 1.165) is 12.1 Å². The van der Waals surface area contributed by atoms with Crippen LogP contribution in [0.5, 0.6) is 0 Å². The average molecular weight is 284 g/mol. The van der Waals surface area contributed by atoms with E-state index < -0.39 is 35.6 Å². The summed E-state index contributed by atoms with van der Waals surface area (Å²) in [6.07, 6.45) is 0.363. The van der Waals surface area contributed by atoms with E-state index >= 15 is 0 Å². The smallest absolute Gasteiger partial charge is 0.322 e. The first-order valence-electron chi connectivity index (χ1n) is 6.15. The zero-order valence-electron chi connectivity index (χ0n) is 10.8. The molecule has 0 bridgehead atoms. The molecule has 5 nitrogen and oxygen atoms in total. The Hall–Kier alpha value is -2.18. The summed E-state index contributed by atoms with van der Waals surface area (Å²) >= 11 is 0. The van der Waals surface area contributed by atoms with E-state index in [2.05, 4.69) is 5.32 Å². The van der Waals surface area contributed by atoms with Gasteiger partial charge in [0.2, 0.25) is 0 Å². The molecule has 0 aromatic heterocycles. The summed E-state index contributed by atoms with van der Waals surface area (Å²) in [5, 5.41) is 11.4. The van der Waals surface area contributed by atoms with Gasteiger partial charge in [-0.25, -0.2) is 13.6 Å². The van der Waals surface area contributed by atoms with Gasteiger partial charge in [0.15, 0.2) is 0 Å². The number of likely N-dealkylation sites (tertiary alicyclic amines) is 1. The minimum atomic E-state index is -0.954. The maximum atomic E-state index is 13.0. The van der Waals surface area contributed by atoms with Gasteiger partial charge in [-0.05, 0) is 25.5 Å². The van der Waals surface area contributed by atoms with Crippen LogP contribution in [0.1, 0.15) is 13.3 Å². The highest BCUT2D eigenvalue weighted by Gasteiger charge is 2.38. The summed E-state index contributed by atoms with van der Waals surface area (Å²) in [7, 11) is 0. The van der Waals surface area contributed by atoms with E-state index in [1.165, 1.54) is 4.90 Å². The van der Waals surface area contributed by atoms with Gasteiger partial charge in [-0.1, -0.05) is 0 Å². The first-order chi connectivity index (χ1) is 9.38. The van der Waals surface area contributed by atoms with E-state index in [-0.39, 0.29) is 5.69 Å². The number of nitrogens with one attached hydrogen (secondary N) is 1. The number of halogens is 2. The highest BCUT2D eigenvalue weighted by atomic mass is 19.1. The molecule has 2 unspecified atom stereocenters. The molecule has 108 valence electrons. The third-order valence-electron chi connectivity index (χ3n) is 3.45. The topological polar surface area (TPSA) is 69.6 Å². The molecule has 7 heteroatoms. The van der Waals surface area contributed by atoms with Gasteiger partial charge in [0.05, 0.1) is 5.92 Å². The van der Waals surface area contributed by atoms with Crippen LogP contribution >= 0.6 is 0 Å². The minimum absolute atomic E-state index is 0.00141. The lowest BCUT2D eigenvalue weighted by Gasteiger charge is -2.23. The van der Waals surface area contributed by atoms with Gasteiger partial charge in [-0.3, -0.25) is 4.79 Å². The molecule has 2 rings (SSSR count). The maximum Gasteiger partial charge on any atom is 0.322 e. The van der Waals surface area contributed by atoms with Gasteiger partial charge < -0.3 is 15.3 Å². The number of carbonyl (C=O) groups is 2. The molecule has 2 N–H and O–H groups in total. The van der Waals surface area contributed by atoms with Crippen LogP contribution in [0.4, 0.5) is 19.3 Å². The van der Waals surface area contributed by atoms with Crippen LogP contribution in [0.2, 0.25) is 0 Å². The number of nitrogens with zero attached hydrogens (tertiary/aromatic N) is 1. The Morgan fingerprint density at radius 2 is 1.90 bits per heavy atom. The van der Waals surface area contributed by atoms with Crippen molar-refractivity contribution in [2.24, 2.45) is 5.92 Å². The molecule has 1 heterocycles. The second-order valence-corrected chi connectivity index (χ2v) is 4.76. The van der Waals surface area contributed by atoms with Crippen LogP contribution < -0.4 is 5.32 Å². The highest BCUT2D eigenvalue weighted by Crippen LogP contribution is 2.25. The Morgan fingerprint density at radius 1 is 1.30 bits per heavy atom. The molecule has 1 aliphatic rings. The van der Waals surface area contributed by atoms with Crippen LogP contribution in [0.25, 0.3) is 0 Å². The summed E-state index contributed by atoms with van der Waals surface area (Å²) in [4.78, 5) is 24.3. The highest BCUT2D eigenvalue weighted by molar-refractivity contribution is 5.90. The van der Waals surface area contributed by atoms with Gasteiger partial charge in [0, 0.05) is 24.3 Å². The fourth-order valence-corrected chi connectivity index (χ4v) is 2.38. The van der Waals surface area contributed by atoms with Gasteiger partial charge in [-0.15, -0.1) is 0 Å². The normalized spacial score (nSPS) is 21.9. The minimum Gasteiger partial charge on any atom is -0.481 e. The zero-order valence-corrected chi connectivity index (χ0v) is 10.8. The molecule has 0 aliphatic carbocycles. The fraction of sp³-hybridized carbons (Fsp3) is 0.385. The predicted molar refractivity (Wildman–Crippen MR) is 67.3 cm³/mol. The number of carbonyl (C=O) groups excluding carboxylic acids is 1. The number of benzene rings is 1. The summed E-state index contributed by atoms with van der Waals surface area (Å²) in [6.45, 7) is 1.93. The van der Waals surface area contributed by atoms with Gasteiger partial charge in [0.1, 0.15) is 11.6 Å². The Balaban J connectivity index is 2.07. The van der Waals surface area contributed by atoms with E-state index in [9.17, 15) is 18.4 Å². The number of urea groups is 1. The third-order valence-corrected chi connectivity index (χ3v) is 3.45. The zero-order chi connectivity index (χ0) is 14.9. The Labute approximate surface area is 114 Å². The summed E-state index contributed by atoms with van der Waals surface area (Å²) in [5.74, 6) is -3.16. The lowest BCUT2D eigenvalue weighted by Crippen LogP contribution is -2.40. The van der Waals surface area contributed by atoms with E-state index in [0.29, 0.717) is 19.0 Å². The quantitative estimate of drug-likeness (QED) is 0.875. The summed E-state index contributed by atoms with van der Waals surface area (Å²) < 4.78 is 26.0. The summed E-state index contributed by atoms with van der Waals surface area (Å²) in [5.41, 5.74) is -0.00141. The van der Waals surface area contributed by atoms with Crippen molar-refractivity contribution in [2.45, 2.75) is 19.4 Å². The molecular formula is C13H14F2N2O3. The second-order valence-electron chi connectivity index (χ2n) is 4.76.